The molecular formula is C14H25NO2. The van der Waals surface area contributed by atoms with Crippen LogP contribution in [0.25, 0.3) is 0 Å². The van der Waals surface area contributed by atoms with Crippen LogP contribution >= 0.6 is 0 Å². The molecule has 3 heteroatoms. The van der Waals surface area contributed by atoms with E-state index in [1.165, 1.54) is 12.8 Å². The molecule has 98 valence electrons. The molecule has 2 aliphatic carbocycles. The van der Waals surface area contributed by atoms with Crippen LogP contribution in [0, 0.1) is 5.41 Å². The van der Waals surface area contributed by atoms with Gasteiger partial charge in [0.05, 0.1) is 17.3 Å². The summed E-state index contributed by atoms with van der Waals surface area (Å²) in [5.74, 6) is 0. The quantitative estimate of drug-likeness (QED) is 0.789. The van der Waals surface area contributed by atoms with Gasteiger partial charge in [-0.15, -0.1) is 0 Å². The Balaban J connectivity index is 1.74. The summed E-state index contributed by atoms with van der Waals surface area (Å²) in [6.07, 6.45) is 5.69. The molecule has 2 saturated carbocycles. The fraction of sp³-hybridized carbons (Fsp3) is 1.00. The minimum absolute atomic E-state index is 0.0861. The van der Waals surface area contributed by atoms with Crippen LogP contribution in [0.5, 0.6) is 0 Å². The molecule has 1 saturated heterocycles. The molecule has 3 rings (SSSR count). The maximum Gasteiger partial charge on any atom is 0.0753 e. The molecule has 3 nitrogen and oxygen atoms in total. The summed E-state index contributed by atoms with van der Waals surface area (Å²) in [7, 11) is 0. The molecule has 3 fully saturated rings. The third kappa shape index (κ3) is 1.92. The van der Waals surface area contributed by atoms with E-state index in [4.69, 9.17) is 4.74 Å². The lowest BCUT2D eigenvalue weighted by Crippen LogP contribution is -2.49. The highest BCUT2D eigenvalue weighted by atomic mass is 16.5. The maximum atomic E-state index is 10.5. The topological polar surface area (TPSA) is 41.5 Å². The van der Waals surface area contributed by atoms with Crippen molar-refractivity contribution in [2.24, 2.45) is 5.41 Å². The fourth-order valence-corrected chi connectivity index (χ4v) is 3.63. The predicted octanol–water partition coefficient (Wildman–Crippen LogP) is 1.84. The molecule has 1 heterocycles. The van der Waals surface area contributed by atoms with Gasteiger partial charge in [-0.3, -0.25) is 0 Å². The average molecular weight is 239 g/mol. The Kier molecular flexibility index (Phi) is 2.43. The highest BCUT2D eigenvalue weighted by Gasteiger charge is 2.69. The van der Waals surface area contributed by atoms with Crippen molar-refractivity contribution in [2.45, 2.75) is 76.2 Å². The van der Waals surface area contributed by atoms with E-state index in [1.807, 2.05) is 0 Å². The van der Waals surface area contributed by atoms with E-state index in [2.05, 4.69) is 26.1 Å². The Bertz CT molecular complexity index is 313. The second-order valence-corrected chi connectivity index (χ2v) is 7.18. The smallest absolute Gasteiger partial charge is 0.0753 e. The average Bonchev–Trinajstić information content (AvgIpc) is 3.09. The molecule has 17 heavy (non-hydrogen) atoms. The van der Waals surface area contributed by atoms with Gasteiger partial charge < -0.3 is 15.2 Å². The van der Waals surface area contributed by atoms with E-state index in [1.54, 1.807) is 0 Å². The normalized spacial score (nSPS) is 38.1. The zero-order valence-electron chi connectivity index (χ0n) is 11.3. The van der Waals surface area contributed by atoms with E-state index in [0.29, 0.717) is 6.04 Å². The Morgan fingerprint density at radius 1 is 1.18 bits per heavy atom. The van der Waals surface area contributed by atoms with Crippen LogP contribution in [0.1, 0.15) is 52.9 Å². The number of hydrogen-bond donors (Lipinski definition) is 2. The van der Waals surface area contributed by atoms with Crippen LogP contribution in [-0.4, -0.2) is 35.0 Å². The van der Waals surface area contributed by atoms with Gasteiger partial charge in [0.2, 0.25) is 0 Å². The summed E-state index contributed by atoms with van der Waals surface area (Å²) in [5.41, 5.74) is -0.314. The first-order valence-corrected chi connectivity index (χ1v) is 7.00. The van der Waals surface area contributed by atoms with Crippen molar-refractivity contribution in [3.8, 4) is 0 Å². The monoisotopic (exact) mass is 239 g/mol. The third-order valence-corrected chi connectivity index (χ3v) is 4.70. The number of hydrogen-bond acceptors (Lipinski definition) is 3. The molecule has 0 aromatic heterocycles. The Morgan fingerprint density at radius 3 is 2.29 bits per heavy atom. The first-order valence-electron chi connectivity index (χ1n) is 7.00. The van der Waals surface area contributed by atoms with E-state index in [-0.39, 0.29) is 22.7 Å². The minimum atomic E-state index is -0.367. The first kappa shape index (κ1) is 11.9. The fourth-order valence-electron chi connectivity index (χ4n) is 3.63. The van der Waals surface area contributed by atoms with Crippen LogP contribution in [-0.2, 0) is 4.74 Å². The van der Waals surface area contributed by atoms with Crippen LogP contribution in [0.4, 0.5) is 0 Å². The van der Waals surface area contributed by atoms with Crippen LogP contribution in [0.3, 0.4) is 0 Å². The zero-order valence-corrected chi connectivity index (χ0v) is 11.3. The predicted molar refractivity (Wildman–Crippen MR) is 66.9 cm³/mol. The summed E-state index contributed by atoms with van der Waals surface area (Å²) in [6, 6.07) is 0.370. The number of ether oxygens (including phenoxy) is 1. The molecule has 1 aliphatic heterocycles. The molecule has 2 atom stereocenters. The SMILES string of the molecule is CC(C)(C)O[C@H]1CCN[C@@H]1C1(C2(O)CC2)CC1. The van der Waals surface area contributed by atoms with Crippen molar-refractivity contribution >= 4 is 0 Å². The second kappa shape index (κ2) is 3.46. The van der Waals surface area contributed by atoms with E-state index in [9.17, 15) is 5.11 Å². The van der Waals surface area contributed by atoms with E-state index in [0.717, 1.165) is 25.8 Å². The third-order valence-electron chi connectivity index (χ3n) is 4.70. The van der Waals surface area contributed by atoms with Gasteiger partial charge in [0.25, 0.3) is 0 Å². The summed E-state index contributed by atoms with van der Waals surface area (Å²) in [5, 5.41) is 14.1. The van der Waals surface area contributed by atoms with Gasteiger partial charge in [-0.05, 0) is 59.4 Å². The van der Waals surface area contributed by atoms with Crippen LogP contribution in [0.2, 0.25) is 0 Å². The van der Waals surface area contributed by atoms with Crippen molar-refractivity contribution in [1.82, 2.24) is 5.32 Å². The summed E-state index contributed by atoms with van der Waals surface area (Å²) in [4.78, 5) is 0. The van der Waals surface area contributed by atoms with Gasteiger partial charge in [0.15, 0.2) is 0 Å². The molecule has 0 amide bonds. The molecule has 0 spiro atoms. The van der Waals surface area contributed by atoms with Crippen molar-refractivity contribution in [2.75, 3.05) is 6.54 Å². The van der Waals surface area contributed by atoms with E-state index >= 15 is 0 Å². The molecule has 0 aromatic rings. The van der Waals surface area contributed by atoms with Gasteiger partial charge in [0.1, 0.15) is 0 Å². The van der Waals surface area contributed by atoms with Gasteiger partial charge in [-0.25, -0.2) is 0 Å². The van der Waals surface area contributed by atoms with Crippen molar-refractivity contribution in [1.29, 1.82) is 0 Å². The highest BCUT2D eigenvalue weighted by Crippen LogP contribution is 2.67. The van der Waals surface area contributed by atoms with Gasteiger partial charge in [-0.2, -0.15) is 0 Å². The first-order chi connectivity index (χ1) is 7.86. The molecule has 0 bridgehead atoms. The summed E-state index contributed by atoms with van der Waals surface area (Å²) < 4.78 is 6.19. The largest absolute Gasteiger partial charge is 0.389 e. The van der Waals surface area contributed by atoms with Crippen LogP contribution in [0.15, 0.2) is 0 Å². The highest BCUT2D eigenvalue weighted by molar-refractivity contribution is 5.22. The van der Waals surface area contributed by atoms with Gasteiger partial charge in [0, 0.05) is 11.5 Å². The summed E-state index contributed by atoms with van der Waals surface area (Å²) in [6.45, 7) is 7.39. The zero-order chi connectivity index (χ0) is 12.3. The Hall–Kier alpha value is -0.120. The molecule has 2 N–H and O–H groups in total. The molecule has 0 aromatic carbocycles. The van der Waals surface area contributed by atoms with Crippen molar-refractivity contribution in [3.63, 3.8) is 0 Å². The second-order valence-electron chi connectivity index (χ2n) is 7.18. The van der Waals surface area contributed by atoms with Crippen molar-refractivity contribution < 1.29 is 9.84 Å². The molecule has 0 radical (unpaired) electrons. The molecule has 3 aliphatic rings. The Labute approximate surface area is 104 Å². The van der Waals surface area contributed by atoms with Gasteiger partial charge in [-0.1, -0.05) is 0 Å². The van der Waals surface area contributed by atoms with Crippen molar-refractivity contribution in [3.05, 3.63) is 0 Å². The van der Waals surface area contributed by atoms with Gasteiger partial charge >= 0.3 is 0 Å². The number of aliphatic hydroxyl groups is 1. The lowest BCUT2D eigenvalue weighted by molar-refractivity contribution is -0.0870. The standard InChI is InChI=1S/C14H25NO2/c1-12(2,3)17-10-4-9-15-11(10)13(5-6-13)14(16)7-8-14/h10-11,15-16H,4-9H2,1-3H3/t10-,11-/m0/s1. The molecular weight excluding hydrogens is 214 g/mol. The van der Waals surface area contributed by atoms with Crippen LogP contribution < -0.4 is 5.32 Å². The minimum Gasteiger partial charge on any atom is -0.389 e. The number of rotatable bonds is 3. The van der Waals surface area contributed by atoms with E-state index < -0.39 is 0 Å². The maximum absolute atomic E-state index is 10.5. The summed E-state index contributed by atoms with van der Waals surface area (Å²) >= 11 is 0. The molecule has 0 unspecified atom stereocenters. The Morgan fingerprint density at radius 2 is 1.82 bits per heavy atom. The lowest BCUT2D eigenvalue weighted by atomic mass is 9.85. The number of nitrogens with one attached hydrogen (secondary N) is 1. The lowest BCUT2D eigenvalue weighted by Gasteiger charge is -2.36.